The Morgan fingerprint density at radius 3 is 2.25 bits per heavy atom. The van der Waals surface area contributed by atoms with Gasteiger partial charge in [0.2, 0.25) is 0 Å². The van der Waals surface area contributed by atoms with Crippen LogP contribution in [0.1, 0.15) is 13.8 Å². The van der Waals surface area contributed by atoms with E-state index in [1.165, 1.54) is 0 Å². The summed E-state index contributed by atoms with van der Waals surface area (Å²) in [5.41, 5.74) is 1.93. The van der Waals surface area contributed by atoms with Crippen molar-refractivity contribution in [3.8, 4) is 0 Å². The molecule has 0 N–H and O–H groups in total. The van der Waals surface area contributed by atoms with Crippen LogP contribution in [0.3, 0.4) is 0 Å². The molecule has 8 heavy (non-hydrogen) atoms. The highest BCUT2D eigenvalue weighted by Crippen LogP contribution is 1.92. The molecule has 0 aromatic heterocycles. The largest absolute Gasteiger partial charge is 0.414 e. The van der Waals surface area contributed by atoms with Gasteiger partial charge in [-0.1, -0.05) is 5.70 Å². The number of hydrogen-bond acceptors (Lipinski definition) is 1. The van der Waals surface area contributed by atoms with Crippen LogP contribution in [0.4, 0.5) is 0 Å². The second-order valence-electron chi connectivity index (χ2n) is 2.13. The van der Waals surface area contributed by atoms with Gasteiger partial charge in [0.15, 0.2) is 9.04 Å². The van der Waals surface area contributed by atoms with Gasteiger partial charge in [-0.05, 0) is 20.4 Å². The molecule has 0 saturated carbocycles. The second-order valence-corrected chi connectivity index (χ2v) is 4.28. The third-order valence-corrected chi connectivity index (χ3v) is 2.46. The lowest BCUT2D eigenvalue weighted by atomic mass is 10.5. The second kappa shape index (κ2) is 3.86. The molecular weight excluding hydrogens is 116 g/mol. The fourth-order valence-corrected chi connectivity index (χ4v) is 1.45. The molecule has 0 aliphatic carbocycles. The molecule has 1 nitrogen and oxygen atoms in total. The van der Waals surface area contributed by atoms with Crippen molar-refractivity contribution in [1.82, 2.24) is 0 Å². The third kappa shape index (κ3) is 4.09. The standard InChI is InChI=1S/C6H14OSi/c1-5-8(4)7-6(2)3/h5-6,8H,1H2,2-4H3. The molecule has 0 fully saturated rings. The SMILES string of the molecule is C=C[SiH](C)OC(C)C. The maximum absolute atomic E-state index is 5.42. The summed E-state index contributed by atoms with van der Waals surface area (Å²) in [6, 6.07) is 0. The van der Waals surface area contributed by atoms with Gasteiger partial charge in [0, 0.05) is 6.10 Å². The van der Waals surface area contributed by atoms with Crippen molar-refractivity contribution in [2.45, 2.75) is 26.5 Å². The first-order valence-corrected chi connectivity index (χ1v) is 5.24. The molecular formula is C6H14OSi. The molecule has 0 aliphatic heterocycles. The normalized spacial score (nSPS) is 14.0. The Morgan fingerprint density at radius 1 is 1.62 bits per heavy atom. The Morgan fingerprint density at radius 2 is 2.12 bits per heavy atom. The summed E-state index contributed by atoms with van der Waals surface area (Å²) in [7, 11) is -0.975. The Labute approximate surface area is 53.1 Å². The lowest BCUT2D eigenvalue weighted by Crippen LogP contribution is -2.15. The van der Waals surface area contributed by atoms with Crippen LogP contribution in [-0.4, -0.2) is 15.1 Å². The summed E-state index contributed by atoms with van der Waals surface area (Å²) in [4.78, 5) is 0. The summed E-state index contributed by atoms with van der Waals surface area (Å²) in [5, 5.41) is 0. The molecule has 0 spiro atoms. The van der Waals surface area contributed by atoms with E-state index in [1.54, 1.807) is 0 Å². The van der Waals surface area contributed by atoms with Gasteiger partial charge >= 0.3 is 0 Å². The first-order valence-electron chi connectivity index (χ1n) is 2.95. The zero-order valence-corrected chi connectivity index (χ0v) is 7.00. The van der Waals surface area contributed by atoms with Crippen molar-refractivity contribution < 1.29 is 4.43 Å². The Bertz CT molecular complexity index is 70.9. The average molecular weight is 130 g/mol. The van der Waals surface area contributed by atoms with Crippen LogP contribution < -0.4 is 0 Å². The summed E-state index contributed by atoms with van der Waals surface area (Å²) >= 11 is 0. The highest BCUT2D eigenvalue weighted by molar-refractivity contribution is 6.55. The minimum Gasteiger partial charge on any atom is -0.414 e. The van der Waals surface area contributed by atoms with Crippen molar-refractivity contribution in [2.24, 2.45) is 0 Å². The van der Waals surface area contributed by atoms with Crippen molar-refractivity contribution >= 4 is 9.04 Å². The lowest BCUT2D eigenvalue weighted by Gasteiger charge is -2.09. The molecule has 0 aliphatic rings. The van der Waals surface area contributed by atoms with E-state index in [2.05, 4.69) is 13.1 Å². The van der Waals surface area contributed by atoms with Crippen LogP contribution in [0, 0.1) is 0 Å². The quantitative estimate of drug-likeness (QED) is 0.526. The molecule has 0 aromatic rings. The third-order valence-electron chi connectivity index (χ3n) is 0.819. The van der Waals surface area contributed by atoms with Crippen molar-refractivity contribution in [3.63, 3.8) is 0 Å². The van der Waals surface area contributed by atoms with Crippen LogP contribution in [-0.2, 0) is 4.43 Å². The predicted octanol–water partition coefficient (Wildman–Crippen LogP) is 1.49. The number of hydrogen-bond donors (Lipinski definition) is 0. The van der Waals surface area contributed by atoms with Crippen LogP contribution in [0.15, 0.2) is 12.3 Å². The Hall–Kier alpha value is -0.0831. The highest BCUT2D eigenvalue weighted by atomic mass is 28.3. The zero-order chi connectivity index (χ0) is 6.57. The molecule has 1 atom stereocenters. The topological polar surface area (TPSA) is 9.23 Å². The van der Waals surface area contributed by atoms with Crippen molar-refractivity contribution in [2.75, 3.05) is 0 Å². The van der Waals surface area contributed by atoms with Crippen molar-refractivity contribution in [3.05, 3.63) is 12.3 Å². The molecule has 0 saturated heterocycles. The predicted molar refractivity (Wildman–Crippen MR) is 39.4 cm³/mol. The summed E-state index contributed by atoms with van der Waals surface area (Å²) in [6.45, 7) is 9.87. The van der Waals surface area contributed by atoms with Crippen LogP contribution in [0.5, 0.6) is 0 Å². The van der Waals surface area contributed by atoms with Crippen LogP contribution in [0.2, 0.25) is 6.55 Å². The Balaban J connectivity index is 3.23. The van der Waals surface area contributed by atoms with E-state index in [0.29, 0.717) is 6.10 Å². The zero-order valence-electron chi connectivity index (χ0n) is 5.85. The average Bonchev–Trinajstić information content (AvgIpc) is 1.65. The van der Waals surface area contributed by atoms with E-state index in [4.69, 9.17) is 4.43 Å². The summed E-state index contributed by atoms with van der Waals surface area (Å²) < 4.78 is 5.42. The fraction of sp³-hybridized carbons (Fsp3) is 0.667. The summed E-state index contributed by atoms with van der Waals surface area (Å²) in [6.07, 6.45) is 0.370. The molecule has 0 amide bonds. The van der Waals surface area contributed by atoms with E-state index in [1.807, 2.05) is 19.5 Å². The molecule has 48 valence electrons. The monoisotopic (exact) mass is 130 g/mol. The van der Waals surface area contributed by atoms with Gasteiger partial charge < -0.3 is 4.43 Å². The first-order chi connectivity index (χ1) is 3.66. The first kappa shape index (κ1) is 7.92. The lowest BCUT2D eigenvalue weighted by molar-refractivity contribution is 0.250. The van der Waals surface area contributed by atoms with Crippen LogP contribution in [0.25, 0.3) is 0 Å². The molecule has 2 heteroatoms. The minimum atomic E-state index is -0.975. The molecule has 1 unspecified atom stereocenters. The van der Waals surface area contributed by atoms with Gasteiger partial charge in [0.25, 0.3) is 0 Å². The van der Waals surface area contributed by atoms with E-state index in [-0.39, 0.29) is 0 Å². The molecule has 0 bridgehead atoms. The summed E-state index contributed by atoms with van der Waals surface area (Å²) in [5.74, 6) is 0. The Kier molecular flexibility index (Phi) is 3.82. The van der Waals surface area contributed by atoms with Gasteiger partial charge in [-0.2, -0.15) is 0 Å². The molecule has 0 rings (SSSR count). The number of rotatable bonds is 3. The molecule has 0 radical (unpaired) electrons. The van der Waals surface area contributed by atoms with Gasteiger partial charge in [0.1, 0.15) is 0 Å². The molecule has 0 heterocycles. The van der Waals surface area contributed by atoms with E-state index >= 15 is 0 Å². The van der Waals surface area contributed by atoms with E-state index in [0.717, 1.165) is 0 Å². The molecule has 0 aromatic carbocycles. The fourth-order valence-electron chi connectivity index (χ4n) is 0.485. The van der Waals surface area contributed by atoms with Gasteiger partial charge in [0.05, 0.1) is 0 Å². The minimum absolute atomic E-state index is 0.370. The van der Waals surface area contributed by atoms with Crippen LogP contribution >= 0.6 is 0 Å². The van der Waals surface area contributed by atoms with Gasteiger partial charge in [-0.25, -0.2) is 0 Å². The smallest absolute Gasteiger partial charge is 0.197 e. The van der Waals surface area contributed by atoms with E-state index in [9.17, 15) is 0 Å². The van der Waals surface area contributed by atoms with E-state index < -0.39 is 9.04 Å². The van der Waals surface area contributed by atoms with Gasteiger partial charge in [-0.15, -0.1) is 6.58 Å². The van der Waals surface area contributed by atoms with Crippen molar-refractivity contribution in [1.29, 1.82) is 0 Å². The maximum atomic E-state index is 5.42. The highest BCUT2D eigenvalue weighted by Gasteiger charge is 1.99. The maximum Gasteiger partial charge on any atom is 0.197 e. The van der Waals surface area contributed by atoms with Gasteiger partial charge in [-0.3, -0.25) is 0 Å².